The third-order valence-corrected chi connectivity index (χ3v) is 26.4. The number of carboxylic acid groups (broad SMARTS) is 1. The first-order chi connectivity index (χ1) is 56.2. The second-order valence-electron chi connectivity index (χ2n) is 30.1. The number of likely N-dealkylation sites (N-methyl/N-ethyl adjacent to an activating group) is 1. The summed E-state index contributed by atoms with van der Waals surface area (Å²) in [6, 6.07) is 22.9. The SMILES string of the molecule is CNC(=O)[C@@H]1CSCC(=O)N[C@@H](CCCCNS(=O)(=O)CCCCN2/C(=C/C=C/C=C/C=C/C3=[N+](CCCCS(=O)(=O)O)c4ccc5ccccc5c4C3(C)C)C(C)(C)c3c2ccc2ccccc32)C(=O)N[C@H]2CSSC[C@H](NC(=O)[C@H](CC(=O)O)NC(=O)CNC(=O)[C@H](CCCNC(=N)N)NC2=O)C(=O)N[C@@H](Cc2ccccc2)C(=O)N1. The molecule has 2 bridgehead atoms. The van der Waals surface area contributed by atoms with E-state index in [9.17, 15) is 74.4 Å². The summed E-state index contributed by atoms with van der Waals surface area (Å²) in [5.41, 5.74) is 11.7. The van der Waals surface area contributed by atoms with E-state index < -0.39 is 145 Å². The number of nitrogens with two attached hydrogens (primary N) is 1. The number of fused-ring (bicyclic) bond motifs is 11. The molecule has 0 radical (unpaired) electrons. The highest BCUT2D eigenvalue weighted by Gasteiger charge is 2.46. The Labute approximate surface area is 699 Å². The Morgan fingerprint density at radius 3 is 1.87 bits per heavy atom. The number of guanidine groups is 1. The zero-order chi connectivity index (χ0) is 85.3. The maximum absolute atomic E-state index is 14.8. The van der Waals surface area contributed by atoms with Crippen LogP contribution in [0, 0.1) is 5.41 Å². The van der Waals surface area contributed by atoms with Crippen LogP contribution in [0.25, 0.3) is 21.5 Å². The monoisotopic (exact) mass is 1720 g/mol. The number of anilines is 1. The minimum Gasteiger partial charge on any atom is -0.481 e. The summed E-state index contributed by atoms with van der Waals surface area (Å²) in [5, 5.41) is 47.6. The molecule has 2 saturated heterocycles. The average Bonchev–Trinajstić information content (AvgIpc) is 1.58. The van der Waals surface area contributed by atoms with E-state index in [-0.39, 0.29) is 98.5 Å². The van der Waals surface area contributed by atoms with E-state index in [1.54, 1.807) is 30.3 Å². The predicted octanol–water partition coefficient (Wildman–Crippen LogP) is 4.64. The zero-order valence-corrected chi connectivity index (χ0v) is 70.7. The molecule has 4 aliphatic rings. The second-order valence-corrected chi connectivity index (χ2v) is 37.2. The van der Waals surface area contributed by atoms with Crippen LogP contribution in [0.5, 0.6) is 0 Å². The lowest BCUT2D eigenvalue weighted by molar-refractivity contribution is -0.438. The highest BCUT2D eigenvalue weighted by Crippen LogP contribution is 2.51. The number of thioether (sulfide) groups is 1. The fourth-order valence-corrected chi connectivity index (χ4v) is 19.7. The molecule has 0 aliphatic carbocycles. The van der Waals surface area contributed by atoms with Gasteiger partial charge in [0.05, 0.1) is 35.6 Å². The zero-order valence-electron chi connectivity index (χ0n) is 66.6. The molecule has 5 aromatic carbocycles. The maximum Gasteiger partial charge on any atom is 0.305 e. The number of nitrogens with one attached hydrogen (secondary N) is 12. The van der Waals surface area contributed by atoms with E-state index in [1.807, 2.05) is 54.6 Å². The fourth-order valence-electron chi connectivity index (χ4n) is 14.8. The van der Waals surface area contributed by atoms with Gasteiger partial charge >= 0.3 is 5.97 Å². The molecule has 0 saturated carbocycles. The smallest absolute Gasteiger partial charge is 0.305 e. The van der Waals surface area contributed by atoms with Crippen molar-refractivity contribution in [2.75, 3.05) is 79.2 Å². The minimum atomic E-state index is -4.10. The van der Waals surface area contributed by atoms with Crippen molar-refractivity contribution in [1.82, 2.24) is 57.9 Å². The Bertz CT molecular complexity index is 4940. The van der Waals surface area contributed by atoms with Gasteiger partial charge in [-0.25, -0.2) is 13.1 Å². The number of amides is 9. The number of rotatable bonds is 29. The van der Waals surface area contributed by atoms with Crippen molar-refractivity contribution < 1.29 is 79.0 Å². The van der Waals surface area contributed by atoms with Crippen LogP contribution >= 0.6 is 33.3 Å². The van der Waals surface area contributed by atoms with Crippen LogP contribution < -0.4 is 68.5 Å². The number of unbranched alkanes of at least 4 members (excludes halogenated alkanes) is 3. The lowest BCUT2D eigenvalue weighted by Gasteiger charge is -2.27. The van der Waals surface area contributed by atoms with Gasteiger partial charge in [-0.3, -0.25) is 57.9 Å². The van der Waals surface area contributed by atoms with Crippen molar-refractivity contribution in [2.45, 2.75) is 151 Å². The van der Waals surface area contributed by atoms with Crippen molar-refractivity contribution in [2.24, 2.45) is 5.73 Å². The Kier molecular flexibility index (Phi) is 33.5. The van der Waals surface area contributed by atoms with Gasteiger partial charge in [0.15, 0.2) is 11.7 Å². The summed E-state index contributed by atoms with van der Waals surface area (Å²) in [6.45, 7) is 8.95. The molecule has 9 rings (SSSR count). The van der Waals surface area contributed by atoms with Crippen LogP contribution in [0.4, 0.5) is 11.4 Å². The Hall–Kier alpha value is -10.1. The van der Waals surface area contributed by atoms with E-state index >= 15 is 0 Å². The molecule has 634 valence electrons. The number of hydrogen-bond acceptors (Lipinski definition) is 19. The lowest BCUT2D eigenvalue weighted by Crippen LogP contribution is -2.60. The first kappa shape index (κ1) is 91.8. The number of allylic oxidation sites excluding steroid dienone is 8. The minimum absolute atomic E-state index is 0.0569. The summed E-state index contributed by atoms with van der Waals surface area (Å²) in [6.07, 6.45) is 14.8. The molecule has 2 fully saturated rings. The van der Waals surface area contributed by atoms with Crippen LogP contribution in [0.15, 0.2) is 151 Å². The van der Waals surface area contributed by atoms with Crippen molar-refractivity contribution in [3.05, 3.63) is 168 Å². The number of aliphatic carboxylic acids is 1. The van der Waals surface area contributed by atoms with E-state index in [4.69, 9.17) is 11.1 Å². The average molecular weight is 1720 g/mol. The number of carboxylic acids is 1. The van der Waals surface area contributed by atoms with Gasteiger partial charge in [-0.2, -0.15) is 13.0 Å². The molecule has 0 aromatic heterocycles. The van der Waals surface area contributed by atoms with Crippen LogP contribution in [-0.4, -0.2) is 218 Å². The first-order valence-electron chi connectivity index (χ1n) is 39.1. The van der Waals surface area contributed by atoms with Gasteiger partial charge < -0.3 is 68.9 Å². The number of carbonyl (C=O) groups is 10. The number of hydrogen-bond donors (Lipinski definition) is 15. The molecule has 31 nitrogen and oxygen atoms in total. The molecule has 36 heteroatoms. The first-order valence-corrected chi connectivity index (χ1v) is 46.0. The quantitative estimate of drug-likeness (QED) is 0.00590. The molecule has 4 aliphatic heterocycles. The van der Waals surface area contributed by atoms with Crippen molar-refractivity contribution >= 4 is 157 Å². The van der Waals surface area contributed by atoms with Crippen molar-refractivity contribution in [3.8, 4) is 0 Å². The molecule has 0 unspecified atom stereocenters. The van der Waals surface area contributed by atoms with Gasteiger partial charge in [0.25, 0.3) is 10.1 Å². The molecule has 5 aromatic rings. The molecule has 0 spiro atoms. The van der Waals surface area contributed by atoms with Crippen molar-refractivity contribution in [3.63, 3.8) is 0 Å². The highest BCUT2D eigenvalue weighted by molar-refractivity contribution is 8.76. The Morgan fingerprint density at radius 1 is 0.610 bits per heavy atom. The summed E-state index contributed by atoms with van der Waals surface area (Å²) in [7, 11) is -4.81. The number of carbonyl (C=O) groups excluding carboxylic acids is 9. The van der Waals surface area contributed by atoms with Gasteiger partial charge in [-0.15, -0.1) is 11.8 Å². The van der Waals surface area contributed by atoms with E-state index in [0.29, 0.717) is 37.9 Å². The van der Waals surface area contributed by atoms with Gasteiger partial charge in [-0.05, 0) is 116 Å². The Morgan fingerprint density at radius 2 is 1.20 bits per heavy atom. The second kappa shape index (κ2) is 43.0. The largest absolute Gasteiger partial charge is 0.481 e. The molecular weight excluding hydrogens is 1610 g/mol. The summed E-state index contributed by atoms with van der Waals surface area (Å²) in [4.78, 5) is 142. The molecule has 16 N–H and O–H groups in total. The third kappa shape index (κ3) is 25.9. The molecule has 7 atom stereocenters. The number of sulfonamides is 1. The van der Waals surface area contributed by atoms with Gasteiger partial charge in [-0.1, -0.05) is 151 Å². The van der Waals surface area contributed by atoms with Crippen LogP contribution in [0.1, 0.15) is 109 Å². The van der Waals surface area contributed by atoms with E-state index in [1.165, 1.54) is 12.6 Å². The molecule has 4 heterocycles. The lowest BCUT2D eigenvalue weighted by atomic mass is 9.79. The Balaban J connectivity index is 0.893. The van der Waals surface area contributed by atoms with Gasteiger partial charge in [0.2, 0.25) is 68.9 Å². The number of benzene rings is 5. The standard InChI is InChI=1S/C82H105N15O16S5/c1-81(2)66(33-12-7-6-8-13-34-67-82(3,4)72-56-30-17-15-28-54(56)36-38-65(72)97(67)42-21-23-44-118(111,112)113)96(64-37-35-53-27-14-16-29-55(53)71(64)81)41-20-22-43-117(109,110)88-40-19-18-31-58-75(104)94-62-49-115-116-50-63(79(108)92-59(45-52-25-10-9-11-26-52)76(105)93-61(73(102)85-5)48-114-51-69(99)89-58)95-77(106)60(46-70(100)101)90-68(98)47-87-74(103)57(91-78(62)107)32-24-39-86-80(83)84/h6-17,25-30,33-38,57-63,88H,18-24,31-32,39-51H2,1-5H3,(H14-,83,84,85,86,87,89,90,91,92,93,94,95,98,99,100,101,102,103,104,105,106,107,108,111,112,113)/p+1/t57-,58-,59-,60-,61-,62-,63-/m0/s1. The van der Waals surface area contributed by atoms with E-state index in [2.05, 4.69) is 156 Å². The van der Waals surface area contributed by atoms with Gasteiger partial charge in [0, 0.05) is 91.3 Å². The highest BCUT2D eigenvalue weighted by atomic mass is 33.1. The van der Waals surface area contributed by atoms with Gasteiger partial charge in [0.1, 0.15) is 48.8 Å². The fraction of sp³-hybridized carbons (Fsp3) is 0.439. The molecule has 118 heavy (non-hydrogen) atoms. The third-order valence-electron chi connectivity index (χ3n) is 20.6. The molecule has 9 amide bonds. The summed E-state index contributed by atoms with van der Waals surface area (Å²) < 4.78 is 65.3. The predicted molar refractivity (Wildman–Crippen MR) is 461 cm³/mol. The van der Waals surface area contributed by atoms with E-state index in [0.717, 1.165) is 83.2 Å². The summed E-state index contributed by atoms with van der Waals surface area (Å²) >= 11 is 0.917. The summed E-state index contributed by atoms with van der Waals surface area (Å²) in [5.74, 6) is -11.7. The van der Waals surface area contributed by atoms with Crippen molar-refractivity contribution in [1.29, 1.82) is 5.41 Å². The number of nitrogens with zero attached hydrogens (tertiary/aromatic N) is 2. The maximum atomic E-state index is 14.8. The van der Waals surface area contributed by atoms with Crippen LogP contribution in [-0.2, 0) is 85.3 Å². The normalized spacial score (nSPS) is 21.9. The van der Waals surface area contributed by atoms with Crippen LogP contribution in [0.2, 0.25) is 0 Å². The molecular formula is C82H106N15O16S5+. The topological polar surface area (TPSA) is 468 Å². The van der Waals surface area contributed by atoms with Crippen LogP contribution in [0.3, 0.4) is 0 Å².